The average molecular weight is 513 g/mol. The predicted octanol–water partition coefficient (Wildman–Crippen LogP) is 3.62. The smallest absolute Gasteiger partial charge is 0.193 e. The Labute approximate surface area is 191 Å². The third-order valence-electron chi connectivity index (χ3n) is 4.59. The number of likely N-dealkylation sites (N-methyl/N-ethyl adjacent to an activating group) is 1. The number of hydrogen-bond acceptors (Lipinski definition) is 4. The highest BCUT2D eigenvalue weighted by Gasteiger charge is 2.08. The Bertz CT molecular complexity index is 784. The Morgan fingerprint density at radius 1 is 0.931 bits per heavy atom. The third kappa shape index (κ3) is 7.64. The van der Waals surface area contributed by atoms with Gasteiger partial charge >= 0.3 is 0 Å². The van der Waals surface area contributed by atoms with E-state index >= 15 is 0 Å². The number of halogens is 1. The van der Waals surface area contributed by atoms with Crippen molar-refractivity contribution in [3.63, 3.8) is 0 Å². The largest absolute Gasteiger partial charge is 0.497 e. The number of nitrogens with zero attached hydrogens (tertiary/aromatic N) is 2. The van der Waals surface area contributed by atoms with E-state index in [1.807, 2.05) is 31.3 Å². The summed E-state index contributed by atoms with van der Waals surface area (Å²) in [5, 5.41) is 3.42. The maximum Gasteiger partial charge on any atom is 0.193 e. The van der Waals surface area contributed by atoms with Crippen LogP contribution in [0.25, 0.3) is 0 Å². The molecule has 0 aliphatic rings. The molecular weight excluding hydrogens is 481 g/mol. The van der Waals surface area contributed by atoms with Gasteiger partial charge in [0.05, 0.1) is 21.3 Å². The fourth-order valence-electron chi connectivity index (χ4n) is 2.97. The molecule has 0 aliphatic heterocycles. The quantitative estimate of drug-likeness (QED) is 0.316. The maximum absolute atomic E-state index is 5.38. The molecular formula is C22H32IN3O3. The van der Waals surface area contributed by atoms with Gasteiger partial charge in [-0.25, -0.2) is 0 Å². The van der Waals surface area contributed by atoms with E-state index in [1.165, 1.54) is 11.1 Å². The first kappa shape index (κ1) is 24.9. The average Bonchev–Trinajstić information content (AvgIpc) is 2.74. The molecule has 0 fully saturated rings. The molecule has 0 heterocycles. The highest BCUT2D eigenvalue weighted by Crippen LogP contribution is 2.27. The standard InChI is InChI=1S/C22H31N3O3.HI/c1-23-22(24-13-11-17-7-6-8-19(15-17)26-3)25(2)14-12-18-9-10-20(27-4)21(16-18)28-5;/h6-10,15-16H,11-14H2,1-5H3,(H,23,24);1H. The molecule has 0 aliphatic carbocycles. The molecule has 29 heavy (non-hydrogen) atoms. The second-order valence-electron chi connectivity index (χ2n) is 6.44. The van der Waals surface area contributed by atoms with Crippen molar-refractivity contribution in [2.24, 2.45) is 4.99 Å². The first-order valence-electron chi connectivity index (χ1n) is 9.37. The summed E-state index contributed by atoms with van der Waals surface area (Å²) in [4.78, 5) is 6.52. The van der Waals surface area contributed by atoms with Crippen LogP contribution in [-0.2, 0) is 12.8 Å². The summed E-state index contributed by atoms with van der Waals surface area (Å²) in [5.74, 6) is 3.26. The lowest BCUT2D eigenvalue weighted by molar-refractivity contribution is 0.354. The molecule has 0 unspecified atom stereocenters. The number of methoxy groups -OCH3 is 3. The molecule has 0 atom stereocenters. The molecule has 0 spiro atoms. The van der Waals surface area contributed by atoms with Gasteiger partial charge in [-0.1, -0.05) is 18.2 Å². The van der Waals surface area contributed by atoms with Crippen LogP contribution in [0, 0.1) is 0 Å². The van der Waals surface area contributed by atoms with Gasteiger partial charge in [0.1, 0.15) is 5.75 Å². The van der Waals surface area contributed by atoms with Crippen LogP contribution < -0.4 is 19.5 Å². The zero-order valence-electron chi connectivity index (χ0n) is 17.9. The van der Waals surface area contributed by atoms with E-state index in [-0.39, 0.29) is 24.0 Å². The Morgan fingerprint density at radius 2 is 1.66 bits per heavy atom. The Morgan fingerprint density at radius 3 is 2.31 bits per heavy atom. The van der Waals surface area contributed by atoms with E-state index in [4.69, 9.17) is 14.2 Å². The molecule has 2 rings (SSSR count). The summed E-state index contributed by atoms with van der Waals surface area (Å²) >= 11 is 0. The van der Waals surface area contributed by atoms with Crippen LogP contribution in [0.3, 0.4) is 0 Å². The molecule has 0 amide bonds. The second-order valence-corrected chi connectivity index (χ2v) is 6.44. The van der Waals surface area contributed by atoms with Crippen LogP contribution in [0.5, 0.6) is 17.2 Å². The van der Waals surface area contributed by atoms with Crippen LogP contribution in [-0.4, -0.2) is 59.4 Å². The van der Waals surface area contributed by atoms with Crippen LogP contribution in [0.15, 0.2) is 47.5 Å². The zero-order chi connectivity index (χ0) is 20.4. The van der Waals surface area contributed by atoms with Gasteiger partial charge < -0.3 is 24.4 Å². The summed E-state index contributed by atoms with van der Waals surface area (Å²) in [7, 11) is 8.84. The summed E-state index contributed by atoms with van der Waals surface area (Å²) in [6, 6.07) is 14.2. The van der Waals surface area contributed by atoms with E-state index in [1.54, 1.807) is 28.4 Å². The number of ether oxygens (including phenoxy) is 3. The van der Waals surface area contributed by atoms with Crippen molar-refractivity contribution in [1.29, 1.82) is 0 Å². The molecule has 7 heteroatoms. The highest BCUT2D eigenvalue weighted by atomic mass is 127. The van der Waals surface area contributed by atoms with Crippen molar-refractivity contribution in [1.82, 2.24) is 10.2 Å². The van der Waals surface area contributed by atoms with Crippen LogP contribution in [0.4, 0.5) is 0 Å². The van der Waals surface area contributed by atoms with Gasteiger partial charge in [0.25, 0.3) is 0 Å². The number of rotatable bonds is 9. The lowest BCUT2D eigenvalue weighted by Crippen LogP contribution is -2.40. The van der Waals surface area contributed by atoms with E-state index in [0.717, 1.165) is 49.1 Å². The number of guanidine groups is 1. The van der Waals surface area contributed by atoms with Gasteiger partial charge in [0.15, 0.2) is 17.5 Å². The zero-order valence-corrected chi connectivity index (χ0v) is 20.2. The minimum absolute atomic E-state index is 0. The summed E-state index contributed by atoms with van der Waals surface area (Å²) in [6.07, 6.45) is 1.78. The van der Waals surface area contributed by atoms with Crippen LogP contribution in [0.1, 0.15) is 11.1 Å². The lowest BCUT2D eigenvalue weighted by atomic mass is 10.1. The first-order valence-corrected chi connectivity index (χ1v) is 9.37. The van der Waals surface area contributed by atoms with Gasteiger partial charge in [-0.2, -0.15) is 0 Å². The minimum atomic E-state index is 0. The maximum atomic E-state index is 5.38. The summed E-state index contributed by atoms with van der Waals surface area (Å²) in [5.41, 5.74) is 2.42. The van der Waals surface area contributed by atoms with Crippen molar-refractivity contribution < 1.29 is 14.2 Å². The van der Waals surface area contributed by atoms with Crippen molar-refractivity contribution in [3.05, 3.63) is 53.6 Å². The Balaban J connectivity index is 0.00000420. The van der Waals surface area contributed by atoms with Crippen LogP contribution in [0.2, 0.25) is 0 Å². The molecule has 0 aromatic heterocycles. The van der Waals surface area contributed by atoms with Crippen molar-refractivity contribution in [3.8, 4) is 17.2 Å². The van der Waals surface area contributed by atoms with Crippen molar-refractivity contribution in [2.75, 3.05) is 48.5 Å². The second kappa shape index (κ2) is 13.1. The fraction of sp³-hybridized carbons (Fsp3) is 0.409. The van der Waals surface area contributed by atoms with Crippen molar-refractivity contribution >= 4 is 29.9 Å². The number of nitrogens with one attached hydrogen (secondary N) is 1. The molecule has 0 bridgehead atoms. The van der Waals surface area contributed by atoms with E-state index in [9.17, 15) is 0 Å². The SMILES string of the molecule is CN=C(NCCc1cccc(OC)c1)N(C)CCc1ccc(OC)c(OC)c1.I. The monoisotopic (exact) mass is 513 g/mol. The molecule has 0 saturated carbocycles. The lowest BCUT2D eigenvalue weighted by Gasteiger charge is -2.22. The number of aliphatic imine (C=N–C) groups is 1. The highest BCUT2D eigenvalue weighted by molar-refractivity contribution is 14.0. The summed E-state index contributed by atoms with van der Waals surface area (Å²) < 4.78 is 16.0. The molecule has 0 radical (unpaired) electrons. The van der Waals surface area contributed by atoms with Crippen molar-refractivity contribution in [2.45, 2.75) is 12.8 Å². The molecule has 6 nitrogen and oxygen atoms in total. The van der Waals surface area contributed by atoms with E-state index in [2.05, 4.69) is 33.4 Å². The van der Waals surface area contributed by atoms with Crippen LogP contribution >= 0.6 is 24.0 Å². The molecule has 2 aromatic rings. The van der Waals surface area contributed by atoms with Gasteiger partial charge in [-0.05, 0) is 48.2 Å². The van der Waals surface area contributed by atoms with E-state index in [0.29, 0.717) is 0 Å². The van der Waals surface area contributed by atoms with Gasteiger partial charge in [-0.15, -0.1) is 24.0 Å². The van der Waals surface area contributed by atoms with Gasteiger partial charge in [-0.3, -0.25) is 4.99 Å². The first-order chi connectivity index (χ1) is 13.6. The molecule has 0 saturated heterocycles. The van der Waals surface area contributed by atoms with Gasteiger partial charge in [0.2, 0.25) is 0 Å². The number of benzene rings is 2. The molecule has 2 aromatic carbocycles. The summed E-state index contributed by atoms with van der Waals surface area (Å²) in [6.45, 7) is 1.65. The topological polar surface area (TPSA) is 55.3 Å². The third-order valence-corrected chi connectivity index (χ3v) is 4.59. The minimum Gasteiger partial charge on any atom is -0.497 e. The number of hydrogen-bond donors (Lipinski definition) is 1. The Kier molecular flexibility index (Phi) is 11.3. The normalized spacial score (nSPS) is 10.7. The fourth-order valence-corrected chi connectivity index (χ4v) is 2.97. The Hall–Kier alpha value is -2.16. The van der Waals surface area contributed by atoms with Gasteiger partial charge in [0, 0.05) is 27.2 Å². The van der Waals surface area contributed by atoms with E-state index < -0.39 is 0 Å². The predicted molar refractivity (Wildman–Crippen MR) is 129 cm³/mol. The molecule has 1 N–H and O–H groups in total. The molecule has 160 valence electrons.